The third-order valence-electron chi connectivity index (χ3n) is 8.96. The average Bonchev–Trinajstić information content (AvgIpc) is 3.56. The van der Waals surface area contributed by atoms with Crippen molar-refractivity contribution in [2.24, 2.45) is 0 Å². The molecule has 3 saturated heterocycles. The number of ether oxygens (including phenoxy) is 1. The molecule has 0 bridgehead atoms. The van der Waals surface area contributed by atoms with Gasteiger partial charge in [0, 0.05) is 60.8 Å². The second-order valence-corrected chi connectivity index (χ2v) is 12.9. The molecule has 3 atom stereocenters. The average molecular weight is 633 g/mol. The highest BCUT2D eigenvalue weighted by Crippen LogP contribution is 2.33. The molecule has 0 saturated carbocycles. The van der Waals surface area contributed by atoms with Gasteiger partial charge in [0.2, 0.25) is 5.91 Å². The zero-order valence-corrected chi connectivity index (χ0v) is 26.4. The Labute approximate surface area is 264 Å². The molecule has 3 aliphatic rings. The van der Waals surface area contributed by atoms with Gasteiger partial charge in [-0.05, 0) is 88.4 Å². The van der Waals surface area contributed by atoms with Crippen molar-refractivity contribution in [3.8, 4) is 5.75 Å². The van der Waals surface area contributed by atoms with Gasteiger partial charge in [0.25, 0.3) is 0 Å². The molecule has 2 N–H and O–H groups in total. The molecule has 4 heterocycles. The minimum Gasteiger partial charge on any atom is -0.490 e. The molecule has 1 aromatic heterocycles. The number of urea groups is 1. The Balaban J connectivity index is 1.23. The summed E-state index contributed by atoms with van der Waals surface area (Å²) in [6.07, 6.45) is 6.89. The van der Waals surface area contributed by atoms with Crippen molar-refractivity contribution in [1.29, 1.82) is 0 Å². The summed E-state index contributed by atoms with van der Waals surface area (Å²) in [7, 11) is 0. The highest BCUT2D eigenvalue weighted by Gasteiger charge is 2.33. The monoisotopic (exact) mass is 631 g/mol. The molecule has 0 radical (unpaired) electrons. The number of amides is 3. The van der Waals surface area contributed by atoms with Gasteiger partial charge in [0.05, 0.1) is 11.8 Å². The first-order valence-electron chi connectivity index (χ1n) is 15.6. The maximum Gasteiger partial charge on any atom is 0.318 e. The number of nitrogens with zero attached hydrogens (tertiary/aromatic N) is 4. The molecular weight excluding hydrogens is 589 g/mol. The first kappa shape index (κ1) is 31.8. The third kappa shape index (κ3) is 8.32. The maximum absolute atomic E-state index is 13.9. The van der Waals surface area contributed by atoms with Gasteiger partial charge >= 0.3 is 6.03 Å². The number of aliphatic hydroxyl groups excluding tert-OH is 1. The number of hydrogen-bond donors (Lipinski definition) is 2. The fraction of sp³-hybridized carbons (Fsp3) is 0.594. The number of carbonyl (C=O) groups is 2. The summed E-state index contributed by atoms with van der Waals surface area (Å²) < 4.78 is 6.30. The second kappa shape index (κ2) is 14.9. The maximum atomic E-state index is 13.9. The van der Waals surface area contributed by atoms with Crippen molar-refractivity contribution >= 4 is 35.1 Å². The van der Waals surface area contributed by atoms with Crippen LogP contribution in [-0.4, -0.2) is 101 Å². The van der Waals surface area contributed by atoms with E-state index in [-0.39, 0.29) is 30.8 Å². The minimum atomic E-state index is -0.803. The fourth-order valence-corrected chi connectivity index (χ4v) is 6.90. The minimum absolute atomic E-state index is 0.146. The van der Waals surface area contributed by atoms with E-state index in [1.807, 2.05) is 23.2 Å². The van der Waals surface area contributed by atoms with Crippen LogP contribution in [0.4, 0.5) is 4.79 Å². The van der Waals surface area contributed by atoms with Crippen LogP contribution in [0.25, 0.3) is 0 Å². The predicted molar refractivity (Wildman–Crippen MR) is 168 cm³/mol. The van der Waals surface area contributed by atoms with Crippen LogP contribution < -0.4 is 10.1 Å². The summed E-state index contributed by atoms with van der Waals surface area (Å²) in [6.45, 7) is 6.99. The lowest BCUT2D eigenvalue weighted by Crippen LogP contribution is -2.56. The highest BCUT2D eigenvalue weighted by molar-refractivity contribution is 6.35. The van der Waals surface area contributed by atoms with Gasteiger partial charge in [-0.3, -0.25) is 14.7 Å². The Hall–Kier alpha value is -2.59. The molecule has 234 valence electrons. The first-order valence-corrected chi connectivity index (χ1v) is 16.3. The van der Waals surface area contributed by atoms with Gasteiger partial charge in [-0.2, -0.15) is 0 Å². The normalized spacial score (nSPS) is 21.4. The molecular formula is C32H43Cl2N5O4. The molecule has 3 amide bonds. The molecule has 43 heavy (non-hydrogen) atoms. The van der Waals surface area contributed by atoms with Gasteiger partial charge in [-0.25, -0.2) is 4.79 Å². The number of aliphatic hydroxyl groups is 1. The molecule has 0 spiro atoms. The number of halogens is 2. The Morgan fingerprint density at radius 3 is 2.53 bits per heavy atom. The van der Waals surface area contributed by atoms with E-state index in [2.05, 4.69) is 17.1 Å². The number of aromatic nitrogens is 1. The molecule has 0 unspecified atom stereocenters. The van der Waals surface area contributed by atoms with Gasteiger partial charge in [-0.15, -0.1) is 0 Å². The number of piperidine rings is 2. The molecule has 0 aliphatic carbocycles. The van der Waals surface area contributed by atoms with Crippen LogP contribution in [-0.2, 0) is 11.2 Å². The Kier molecular flexibility index (Phi) is 11.0. The van der Waals surface area contributed by atoms with Crippen molar-refractivity contribution in [3.05, 3.63) is 57.8 Å². The van der Waals surface area contributed by atoms with E-state index in [4.69, 9.17) is 32.9 Å². The second-order valence-electron chi connectivity index (χ2n) is 12.1. The van der Waals surface area contributed by atoms with Crippen LogP contribution in [0.15, 0.2) is 36.5 Å². The first-order chi connectivity index (χ1) is 20.8. The SMILES string of the molecule is C[C@H](COc1cccnc1C1CCN(C(=O)[C@@H](Cc2ccc(Cl)cc2Cl)NC(=O)N2CCC[C@@H](O)C2)CC1)N1CCCC1. The van der Waals surface area contributed by atoms with Crippen molar-refractivity contribution < 1.29 is 19.4 Å². The topological polar surface area (TPSA) is 98.2 Å². The predicted octanol–water partition coefficient (Wildman–Crippen LogP) is 4.74. The molecule has 3 aliphatic heterocycles. The van der Waals surface area contributed by atoms with E-state index in [0.717, 1.165) is 49.4 Å². The molecule has 5 rings (SSSR count). The van der Waals surface area contributed by atoms with Crippen LogP contribution in [0.1, 0.15) is 62.6 Å². The van der Waals surface area contributed by atoms with Crippen LogP contribution in [0.2, 0.25) is 10.0 Å². The van der Waals surface area contributed by atoms with E-state index >= 15 is 0 Å². The Morgan fingerprint density at radius 2 is 1.81 bits per heavy atom. The van der Waals surface area contributed by atoms with E-state index in [1.165, 1.54) is 12.8 Å². The number of β-amino-alcohol motifs (C(OH)–C–C–N with tert-alkyl or cyclic N) is 1. The molecule has 3 fully saturated rings. The molecule has 1 aromatic carbocycles. The van der Waals surface area contributed by atoms with Crippen molar-refractivity contribution in [1.82, 2.24) is 25.0 Å². The number of hydrogen-bond acceptors (Lipinski definition) is 6. The number of likely N-dealkylation sites (tertiary alicyclic amines) is 3. The number of benzene rings is 1. The largest absolute Gasteiger partial charge is 0.490 e. The van der Waals surface area contributed by atoms with Crippen molar-refractivity contribution in [2.75, 3.05) is 45.9 Å². The summed E-state index contributed by atoms with van der Waals surface area (Å²) in [5.41, 5.74) is 1.68. The zero-order valence-electron chi connectivity index (χ0n) is 24.9. The van der Waals surface area contributed by atoms with Crippen LogP contribution in [0.3, 0.4) is 0 Å². The standard InChI is InChI=1S/C32H43Cl2N5O4/c1-22(37-13-2-3-14-37)21-43-29-7-4-12-35-30(29)23-10-16-38(17-11-23)31(41)28(18-24-8-9-25(33)19-27(24)34)36-32(42)39-15-5-6-26(40)20-39/h4,7-9,12,19,22-23,26,28,40H,2-3,5-6,10-11,13-18,20-21H2,1H3,(H,36,42)/t22-,26-,28-/m1/s1. The van der Waals surface area contributed by atoms with E-state index < -0.39 is 12.1 Å². The Bertz CT molecular complexity index is 1250. The number of pyridine rings is 1. The van der Waals surface area contributed by atoms with Crippen LogP contribution in [0.5, 0.6) is 5.75 Å². The van der Waals surface area contributed by atoms with Gasteiger partial charge in [0.15, 0.2) is 0 Å². The van der Waals surface area contributed by atoms with Crippen molar-refractivity contribution in [3.63, 3.8) is 0 Å². The lowest BCUT2D eigenvalue weighted by molar-refractivity contribution is -0.134. The summed E-state index contributed by atoms with van der Waals surface area (Å²) in [5.74, 6) is 0.854. The summed E-state index contributed by atoms with van der Waals surface area (Å²) in [6, 6.07) is 8.28. The smallest absolute Gasteiger partial charge is 0.318 e. The van der Waals surface area contributed by atoms with E-state index in [0.29, 0.717) is 48.7 Å². The molecule has 9 nitrogen and oxygen atoms in total. The van der Waals surface area contributed by atoms with Crippen LogP contribution >= 0.6 is 23.2 Å². The highest BCUT2D eigenvalue weighted by atomic mass is 35.5. The molecule has 11 heteroatoms. The third-order valence-corrected chi connectivity index (χ3v) is 9.54. The number of nitrogens with one attached hydrogen (secondary N) is 1. The molecule has 2 aromatic rings. The number of rotatable bonds is 9. The lowest BCUT2D eigenvalue weighted by atomic mass is 9.91. The van der Waals surface area contributed by atoms with Gasteiger partial charge < -0.3 is 25.0 Å². The van der Waals surface area contributed by atoms with Crippen molar-refractivity contribution in [2.45, 2.75) is 76.0 Å². The zero-order chi connectivity index (χ0) is 30.3. The quantitative estimate of drug-likeness (QED) is 0.415. The Morgan fingerprint density at radius 1 is 1.05 bits per heavy atom. The fourth-order valence-electron chi connectivity index (χ4n) is 6.41. The van der Waals surface area contributed by atoms with E-state index in [1.54, 1.807) is 23.1 Å². The summed E-state index contributed by atoms with van der Waals surface area (Å²) in [5, 5.41) is 14.0. The number of carbonyl (C=O) groups excluding carboxylic acids is 2. The lowest BCUT2D eigenvalue weighted by Gasteiger charge is -2.36. The van der Waals surface area contributed by atoms with E-state index in [9.17, 15) is 14.7 Å². The summed E-state index contributed by atoms with van der Waals surface area (Å²) in [4.78, 5) is 37.7. The van der Waals surface area contributed by atoms with Crippen LogP contribution in [0, 0.1) is 0 Å². The van der Waals surface area contributed by atoms with Gasteiger partial charge in [-0.1, -0.05) is 29.3 Å². The summed E-state index contributed by atoms with van der Waals surface area (Å²) >= 11 is 12.6. The van der Waals surface area contributed by atoms with Gasteiger partial charge in [0.1, 0.15) is 18.4 Å².